The Morgan fingerprint density at radius 1 is 1.27 bits per heavy atom. The lowest BCUT2D eigenvalue weighted by molar-refractivity contribution is -0.385. The van der Waals surface area contributed by atoms with Crippen molar-refractivity contribution in [2.24, 2.45) is 0 Å². The molecule has 0 spiro atoms. The number of hydrogen-bond acceptors (Lipinski definition) is 7. The van der Waals surface area contributed by atoms with Crippen molar-refractivity contribution in [2.45, 2.75) is 11.3 Å². The number of carbonyl (C=O) groups is 1. The SMILES string of the molecule is CS(=O)(=O)c1cc(C(=O)Nc2ncc(Cc3cccc(Cl)c3Cl)s2)cc([N+](=O)[O-])c1. The minimum absolute atomic E-state index is 0.167. The van der Waals surface area contributed by atoms with Gasteiger partial charge in [0, 0.05) is 41.4 Å². The number of halogens is 2. The maximum atomic E-state index is 12.5. The number of sulfone groups is 1. The lowest BCUT2D eigenvalue weighted by Gasteiger charge is -2.05. The Bertz CT molecular complexity index is 1260. The number of anilines is 1. The van der Waals surface area contributed by atoms with E-state index in [0.29, 0.717) is 16.5 Å². The van der Waals surface area contributed by atoms with Gasteiger partial charge in [0.1, 0.15) is 0 Å². The molecule has 0 aliphatic carbocycles. The van der Waals surface area contributed by atoms with Crippen molar-refractivity contribution in [3.05, 3.63) is 78.8 Å². The number of rotatable bonds is 6. The van der Waals surface area contributed by atoms with Gasteiger partial charge >= 0.3 is 0 Å². The van der Waals surface area contributed by atoms with Gasteiger partial charge in [0.25, 0.3) is 11.6 Å². The topological polar surface area (TPSA) is 119 Å². The zero-order valence-corrected chi connectivity index (χ0v) is 18.4. The molecular formula is C18H13Cl2N3O5S2. The van der Waals surface area contributed by atoms with Gasteiger partial charge in [-0.15, -0.1) is 11.3 Å². The zero-order valence-electron chi connectivity index (χ0n) is 15.3. The molecule has 8 nitrogen and oxygen atoms in total. The molecule has 3 rings (SSSR count). The quantitative estimate of drug-likeness (QED) is 0.402. The number of nitrogens with zero attached hydrogens (tertiary/aromatic N) is 2. The summed E-state index contributed by atoms with van der Waals surface area (Å²) < 4.78 is 23.6. The molecular weight excluding hydrogens is 473 g/mol. The van der Waals surface area contributed by atoms with Crippen molar-refractivity contribution in [1.82, 2.24) is 4.98 Å². The number of nitro groups is 1. The number of amides is 1. The van der Waals surface area contributed by atoms with E-state index in [-0.39, 0.29) is 15.6 Å². The highest BCUT2D eigenvalue weighted by Crippen LogP contribution is 2.30. The van der Waals surface area contributed by atoms with Gasteiger partial charge < -0.3 is 0 Å². The van der Waals surface area contributed by atoms with Gasteiger partial charge in [-0.3, -0.25) is 20.2 Å². The van der Waals surface area contributed by atoms with Crippen LogP contribution in [0, 0.1) is 10.1 Å². The highest BCUT2D eigenvalue weighted by Gasteiger charge is 2.20. The summed E-state index contributed by atoms with van der Waals surface area (Å²) in [5.41, 5.74) is 0.125. The van der Waals surface area contributed by atoms with Crippen LogP contribution >= 0.6 is 34.5 Å². The Morgan fingerprint density at radius 2 is 2.00 bits per heavy atom. The molecule has 0 unspecified atom stereocenters. The number of non-ortho nitro benzene ring substituents is 1. The van der Waals surface area contributed by atoms with Gasteiger partial charge in [-0.2, -0.15) is 0 Å². The fraction of sp³-hybridized carbons (Fsp3) is 0.111. The summed E-state index contributed by atoms with van der Waals surface area (Å²) >= 11 is 13.4. The number of thiazole rings is 1. The molecule has 0 fully saturated rings. The van der Waals surface area contributed by atoms with E-state index in [1.165, 1.54) is 11.3 Å². The van der Waals surface area contributed by atoms with Crippen molar-refractivity contribution < 1.29 is 18.1 Å². The van der Waals surface area contributed by atoms with Gasteiger partial charge in [0.05, 0.1) is 19.9 Å². The number of aromatic nitrogens is 1. The summed E-state index contributed by atoms with van der Waals surface area (Å²) in [6, 6.07) is 8.26. The summed E-state index contributed by atoms with van der Waals surface area (Å²) in [4.78, 5) is 27.5. The van der Waals surface area contributed by atoms with E-state index in [0.717, 1.165) is 34.9 Å². The fourth-order valence-electron chi connectivity index (χ4n) is 2.52. The largest absolute Gasteiger partial charge is 0.298 e. The third-order valence-corrected chi connectivity index (χ3v) is 6.83. The molecule has 12 heteroatoms. The third kappa shape index (κ3) is 5.14. The van der Waals surface area contributed by atoms with Crippen LogP contribution in [0.25, 0.3) is 0 Å². The molecule has 0 aliphatic rings. The fourth-order valence-corrected chi connectivity index (χ4v) is 4.42. The van der Waals surface area contributed by atoms with Gasteiger partial charge in [-0.25, -0.2) is 13.4 Å². The molecule has 0 saturated carbocycles. The normalized spacial score (nSPS) is 11.3. The highest BCUT2D eigenvalue weighted by molar-refractivity contribution is 7.90. The second kappa shape index (κ2) is 8.68. The van der Waals surface area contributed by atoms with Crippen LogP contribution < -0.4 is 5.32 Å². The van der Waals surface area contributed by atoms with E-state index in [1.807, 2.05) is 6.07 Å². The molecule has 3 aromatic rings. The second-order valence-corrected chi connectivity index (χ2v) is 10.1. The van der Waals surface area contributed by atoms with Crippen molar-refractivity contribution in [3.63, 3.8) is 0 Å². The molecule has 1 amide bonds. The molecule has 1 heterocycles. The monoisotopic (exact) mass is 485 g/mol. The molecule has 156 valence electrons. The van der Waals surface area contributed by atoms with Crippen LogP contribution in [0.4, 0.5) is 10.8 Å². The third-order valence-electron chi connectivity index (χ3n) is 3.96. The Kier molecular flexibility index (Phi) is 6.41. The minimum atomic E-state index is -3.75. The summed E-state index contributed by atoms with van der Waals surface area (Å²) in [5.74, 6) is -0.717. The summed E-state index contributed by atoms with van der Waals surface area (Å²) in [6.07, 6.45) is 2.91. The zero-order chi connectivity index (χ0) is 22.1. The Labute approximate surface area is 185 Å². The van der Waals surface area contributed by atoms with Gasteiger partial charge in [0.15, 0.2) is 15.0 Å². The number of nitrogens with one attached hydrogen (secondary N) is 1. The van der Waals surface area contributed by atoms with E-state index in [1.54, 1.807) is 18.3 Å². The molecule has 0 aliphatic heterocycles. The number of hydrogen-bond donors (Lipinski definition) is 1. The standard InChI is InChI=1S/C18H13Cl2N3O5S2/c1-30(27,28)14-7-11(5-12(8-14)23(25)26)17(24)22-18-21-9-13(29-18)6-10-3-2-4-15(19)16(10)20/h2-5,7-9H,6H2,1H3,(H,21,22,24). The molecule has 0 bridgehead atoms. The van der Waals surface area contributed by atoms with Crippen molar-refractivity contribution in [3.8, 4) is 0 Å². The molecule has 2 aromatic carbocycles. The molecule has 1 N–H and O–H groups in total. The predicted molar refractivity (Wildman–Crippen MR) is 116 cm³/mol. The maximum Gasteiger partial charge on any atom is 0.271 e. The molecule has 30 heavy (non-hydrogen) atoms. The Morgan fingerprint density at radius 3 is 2.67 bits per heavy atom. The van der Waals surface area contributed by atoms with Crippen LogP contribution in [0.2, 0.25) is 10.0 Å². The molecule has 0 saturated heterocycles. The van der Waals surface area contributed by atoms with E-state index >= 15 is 0 Å². The minimum Gasteiger partial charge on any atom is -0.298 e. The van der Waals surface area contributed by atoms with E-state index in [4.69, 9.17) is 23.2 Å². The van der Waals surface area contributed by atoms with Crippen LogP contribution in [0.15, 0.2) is 47.5 Å². The molecule has 0 atom stereocenters. The Hall–Kier alpha value is -2.53. The molecule has 0 radical (unpaired) electrons. The van der Waals surface area contributed by atoms with Crippen LogP contribution in [0.3, 0.4) is 0 Å². The first-order valence-corrected chi connectivity index (χ1v) is 11.7. The van der Waals surface area contributed by atoms with Gasteiger partial charge in [-0.1, -0.05) is 35.3 Å². The number of carbonyl (C=O) groups excluding carboxylic acids is 1. The predicted octanol–water partition coefficient (Wildman–Crippen LogP) is 4.60. The van der Waals surface area contributed by atoms with Gasteiger partial charge in [-0.05, 0) is 17.7 Å². The van der Waals surface area contributed by atoms with Crippen LogP contribution in [0.5, 0.6) is 0 Å². The van der Waals surface area contributed by atoms with E-state index in [2.05, 4.69) is 10.3 Å². The number of nitro benzene ring substituents is 1. The lowest BCUT2D eigenvalue weighted by atomic mass is 10.1. The second-order valence-electron chi connectivity index (χ2n) is 6.22. The maximum absolute atomic E-state index is 12.5. The molecule has 1 aromatic heterocycles. The smallest absolute Gasteiger partial charge is 0.271 e. The van der Waals surface area contributed by atoms with Crippen molar-refractivity contribution >= 4 is 61.1 Å². The van der Waals surface area contributed by atoms with Crippen LogP contribution in [-0.2, 0) is 16.3 Å². The first-order chi connectivity index (χ1) is 14.0. The average Bonchev–Trinajstić information content (AvgIpc) is 3.11. The first kappa shape index (κ1) is 22.2. The van der Waals surface area contributed by atoms with E-state index in [9.17, 15) is 23.3 Å². The Balaban J connectivity index is 1.82. The van der Waals surface area contributed by atoms with Gasteiger partial charge in [0.2, 0.25) is 0 Å². The lowest BCUT2D eigenvalue weighted by Crippen LogP contribution is -2.13. The van der Waals surface area contributed by atoms with Crippen molar-refractivity contribution in [2.75, 3.05) is 11.6 Å². The van der Waals surface area contributed by atoms with Crippen molar-refractivity contribution in [1.29, 1.82) is 0 Å². The summed E-state index contributed by atoms with van der Waals surface area (Å²) in [6.45, 7) is 0. The summed E-state index contributed by atoms with van der Waals surface area (Å²) in [5, 5.41) is 14.7. The first-order valence-electron chi connectivity index (χ1n) is 8.23. The van der Waals surface area contributed by atoms with Crippen LogP contribution in [0.1, 0.15) is 20.8 Å². The van der Waals surface area contributed by atoms with Crippen LogP contribution in [-0.4, -0.2) is 30.5 Å². The van der Waals surface area contributed by atoms with E-state index < -0.39 is 26.4 Å². The average molecular weight is 486 g/mol. The number of benzene rings is 2. The highest BCUT2D eigenvalue weighted by atomic mass is 35.5. The summed E-state index contributed by atoms with van der Waals surface area (Å²) in [7, 11) is -3.75.